The van der Waals surface area contributed by atoms with Crippen molar-refractivity contribution in [3.63, 3.8) is 0 Å². The first kappa shape index (κ1) is 15.6. The van der Waals surface area contributed by atoms with Crippen molar-refractivity contribution in [3.8, 4) is 0 Å². The molecule has 1 heterocycles. The summed E-state index contributed by atoms with van der Waals surface area (Å²) in [6.45, 7) is 0.796. The first-order valence-corrected chi connectivity index (χ1v) is 7.40. The highest BCUT2D eigenvalue weighted by molar-refractivity contribution is 9.10. The third kappa shape index (κ3) is 3.44. The van der Waals surface area contributed by atoms with Crippen molar-refractivity contribution >= 4 is 38.8 Å². The first-order chi connectivity index (χ1) is 9.29. The van der Waals surface area contributed by atoms with E-state index in [1.54, 1.807) is 12.1 Å². The summed E-state index contributed by atoms with van der Waals surface area (Å²) in [5.74, 6) is -1.19. The van der Waals surface area contributed by atoms with E-state index in [0.29, 0.717) is 18.1 Å². The number of benzene rings is 1. The van der Waals surface area contributed by atoms with Crippen LogP contribution in [0.2, 0.25) is 0 Å². The molecule has 7 heteroatoms. The SMILES string of the molecule is NC(=S)c1ccc(N2CCC(C(F)(F)F)CC2)c(Br)c1. The van der Waals surface area contributed by atoms with E-state index in [2.05, 4.69) is 15.9 Å². The lowest BCUT2D eigenvalue weighted by molar-refractivity contribution is -0.179. The molecule has 2 N–H and O–H groups in total. The average molecular weight is 367 g/mol. The van der Waals surface area contributed by atoms with Gasteiger partial charge in [-0.15, -0.1) is 0 Å². The molecule has 1 aromatic rings. The van der Waals surface area contributed by atoms with Crippen LogP contribution in [-0.4, -0.2) is 24.3 Å². The van der Waals surface area contributed by atoms with Gasteiger partial charge in [-0.2, -0.15) is 13.2 Å². The lowest BCUT2D eigenvalue weighted by Crippen LogP contribution is -2.39. The van der Waals surface area contributed by atoms with Crippen LogP contribution in [0.15, 0.2) is 22.7 Å². The maximum Gasteiger partial charge on any atom is 0.391 e. The van der Waals surface area contributed by atoms with E-state index in [1.807, 2.05) is 11.0 Å². The molecule has 0 atom stereocenters. The molecular weight excluding hydrogens is 353 g/mol. The van der Waals surface area contributed by atoms with Crippen molar-refractivity contribution in [2.75, 3.05) is 18.0 Å². The molecule has 1 aliphatic rings. The van der Waals surface area contributed by atoms with Gasteiger partial charge in [0.15, 0.2) is 0 Å². The van der Waals surface area contributed by atoms with E-state index < -0.39 is 12.1 Å². The second-order valence-electron chi connectivity index (χ2n) is 4.83. The number of anilines is 1. The Balaban J connectivity index is 2.09. The highest BCUT2D eigenvalue weighted by Crippen LogP contribution is 2.37. The predicted molar refractivity (Wildman–Crippen MR) is 81.0 cm³/mol. The van der Waals surface area contributed by atoms with Gasteiger partial charge in [0.1, 0.15) is 4.99 Å². The zero-order valence-electron chi connectivity index (χ0n) is 10.6. The van der Waals surface area contributed by atoms with Gasteiger partial charge >= 0.3 is 6.18 Å². The predicted octanol–water partition coefficient (Wildman–Crippen LogP) is 3.86. The van der Waals surface area contributed by atoms with Crippen molar-refractivity contribution in [3.05, 3.63) is 28.2 Å². The summed E-state index contributed by atoms with van der Waals surface area (Å²) in [5, 5.41) is 0. The van der Waals surface area contributed by atoms with E-state index in [1.165, 1.54) is 0 Å². The van der Waals surface area contributed by atoms with Gasteiger partial charge in [0, 0.05) is 23.1 Å². The van der Waals surface area contributed by atoms with E-state index in [9.17, 15) is 13.2 Å². The molecule has 0 aliphatic carbocycles. The number of halogens is 4. The van der Waals surface area contributed by atoms with Crippen LogP contribution < -0.4 is 10.6 Å². The Morgan fingerprint density at radius 3 is 2.35 bits per heavy atom. The topological polar surface area (TPSA) is 29.3 Å². The molecule has 2 rings (SSSR count). The fourth-order valence-corrected chi connectivity index (χ4v) is 3.12. The standard InChI is InChI=1S/C13H14BrF3N2S/c14-10-7-8(12(18)20)1-2-11(10)19-5-3-9(4-6-19)13(15,16)17/h1-2,7,9H,3-6H2,(H2,18,20). The molecule has 0 spiro atoms. The highest BCUT2D eigenvalue weighted by atomic mass is 79.9. The van der Waals surface area contributed by atoms with Gasteiger partial charge in [0.2, 0.25) is 0 Å². The van der Waals surface area contributed by atoms with Crippen molar-refractivity contribution in [2.45, 2.75) is 19.0 Å². The van der Waals surface area contributed by atoms with Crippen LogP contribution in [0.5, 0.6) is 0 Å². The van der Waals surface area contributed by atoms with E-state index in [-0.39, 0.29) is 12.8 Å². The number of hydrogen-bond acceptors (Lipinski definition) is 2. The Bertz CT molecular complexity index is 511. The van der Waals surface area contributed by atoms with Crippen LogP contribution in [0.1, 0.15) is 18.4 Å². The number of rotatable bonds is 2. The number of hydrogen-bond donors (Lipinski definition) is 1. The van der Waals surface area contributed by atoms with Crippen LogP contribution in [0.25, 0.3) is 0 Å². The Hall–Kier alpha value is -0.820. The number of piperidine rings is 1. The van der Waals surface area contributed by atoms with Gasteiger partial charge in [-0.25, -0.2) is 0 Å². The maximum atomic E-state index is 12.6. The van der Waals surface area contributed by atoms with Crippen LogP contribution in [0, 0.1) is 5.92 Å². The zero-order chi connectivity index (χ0) is 14.9. The van der Waals surface area contributed by atoms with Crippen LogP contribution in [-0.2, 0) is 0 Å². The molecule has 1 aliphatic heterocycles. The molecule has 0 radical (unpaired) electrons. The summed E-state index contributed by atoms with van der Waals surface area (Å²) in [6, 6.07) is 5.43. The monoisotopic (exact) mass is 366 g/mol. The lowest BCUT2D eigenvalue weighted by atomic mass is 9.96. The molecule has 2 nitrogen and oxygen atoms in total. The van der Waals surface area contributed by atoms with Gasteiger partial charge < -0.3 is 10.6 Å². The normalized spacial score (nSPS) is 17.3. The average Bonchev–Trinajstić information content (AvgIpc) is 2.37. The van der Waals surface area contributed by atoms with Crippen LogP contribution in [0.3, 0.4) is 0 Å². The van der Waals surface area contributed by atoms with E-state index in [0.717, 1.165) is 15.7 Å². The molecule has 0 bridgehead atoms. The summed E-state index contributed by atoms with van der Waals surface area (Å²) >= 11 is 8.32. The lowest BCUT2D eigenvalue weighted by Gasteiger charge is -2.35. The van der Waals surface area contributed by atoms with Gasteiger partial charge in [-0.05, 0) is 47.0 Å². The van der Waals surface area contributed by atoms with Crippen molar-refractivity contribution < 1.29 is 13.2 Å². The Labute approximate surface area is 129 Å². The largest absolute Gasteiger partial charge is 0.391 e. The molecule has 1 aromatic carbocycles. The molecule has 0 saturated carbocycles. The smallest absolute Gasteiger partial charge is 0.389 e. The minimum absolute atomic E-state index is 0.132. The molecule has 1 saturated heterocycles. The third-order valence-corrected chi connectivity index (χ3v) is 4.40. The molecule has 0 aromatic heterocycles. The van der Waals surface area contributed by atoms with Gasteiger partial charge in [-0.3, -0.25) is 0 Å². The van der Waals surface area contributed by atoms with Gasteiger partial charge in [0.25, 0.3) is 0 Å². The molecular formula is C13H14BrF3N2S. The Morgan fingerprint density at radius 2 is 1.90 bits per heavy atom. The fraction of sp³-hybridized carbons (Fsp3) is 0.462. The fourth-order valence-electron chi connectivity index (χ4n) is 2.36. The van der Waals surface area contributed by atoms with Crippen LogP contribution in [0.4, 0.5) is 18.9 Å². The minimum atomic E-state index is -4.08. The Morgan fingerprint density at radius 1 is 1.30 bits per heavy atom. The summed E-state index contributed by atoms with van der Waals surface area (Å²) in [4.78, 5) is 2.25. The molecule has 110 valence electrons. The second kappa shape index (κ2) is 5.89. The number of nitrogens with zero attached hydrogens (tertiary/aromatic N) is 1. The third-order valence-electron chi connectivity index (χ3n) is 3.53. The second-order valence-corrected chi connectivity index (χ2v) is 6.13. The summed E-state index contributed by atoms with van der Waals surface area (Å²) in [5.41, 5.74) is 7.17. The summed E-state index contributed by atoms with van der Waals surface area (Å²) < 4.78 is 38.7. The number of nitrogens with two attached hydrogens (primary N) is 1. The maximum absolute atomic E-state index is 12.6. The Kier molecular flexibility index (Phi) is 4.59. The van der Waals surface area contributed by atoms with Crippen molar-refractivity contribution in [1.29, 1.82) is 0 Å². The van der Waals surface area contributed by atoms with Crippen LogP contribution >= 0.6 is 28.1 Å². The van der Waals surface area contributed by atoms with E-state index in [4.69, 9.17) is 18.0 Å². The van der Waals surface area contributed by atoms with Crippen molar-refractivity contribution in [1.82, 2.24) is 0 Å². The van der Waals surface area contributed by atoms with Gasteiger partial charge in [0.05, 0.1) is 11.6 Å². The molecule has 0 amide bonds. The zero-order valence-corrected chi connectivity index (χ0v) is 13.0. The summed E-state index contributed by atoms with van der Waals surface area (Å²) in [6.07, 6.45) is -3.82. The molecule has 20 heavy (non-hydrogen) atoms. The van der Waals surface area contributed by atoms with Gasteiger partial charge in [-0.1, -0.05) is 12.2 Å². The minimum Gasteiger partial charge on any atom is -0.389 e. The highest BCUT2D eigenvalue weighted by Gasteiger charge is 2.41. The molecule has 0 unspecified atom stereocenters. The quantitative estimate of drug-likeness (QED) is 0.805. The molecule has 1 fully saturated rings. The number of alkyl halides is 3. The van der Waals surface area contributed by atoms with Crippen molar-refractivity contribution in [2.24, 2.45) is 11.7 Å². The van der Waals surface area contributed by atoms with E-state index >= 15 is 0 Å². The number of thiocarbonyl (C=S) groups is 1. The summed E-state index contributed by atoms with van der Waals surface area (Å²) in [7, 11) is 0. The first-order valence-electron chi connectivity index (χ1n) is 6.20.